The Bertz CT molecular complexity index is 217. The Balaban J connectivity index is 2.20. The summed E-state index contributed by atoms with van der Waals surface area (Å²) in [6.07, 6.45) is 1.05. The fraction of sp³-hybridized carbons (Fsp3) is 0.917. The molecule has 0 aromatic rings. The molecule has 1 amide bonds. The molecular formula is C12H23NO4. The van der Waals surface area contributed by atoms with Crippen LogP contribution in [-0.2, 0) is 19.0 Å². The van der Waals surface area contributed by atoms with Gasteiger partial charge in [0.15, 0.2) is 0 Å². The highest BCUT2D eigenvalue weighted by Crippen LogP contribution is 2.13. The van der Waals surface area contributed by atoms with Gasteiger partial charge in [-0.3, -0.25) is 4.79 Å². The molecule has 1 unspecified atom stereocenters. The van der Waals surface area contributed by atoms with Gasteiger partial charge in [-0.2, -0.15) is 0 Å². The molecule has 1 rings (SSSR count). The van der Waals surface area contributed by atoms with Crippen LogP contribution >= 0.6 is 0 Å². The van der Waals surface area contributed by atoms with Crippen molar-refractivity contribution in [3.05, 3.63) is 0 Å². The first-order chi connectivity index (χ1) is 8.27. The average molecular weight is 245 g/mol. The minimum absolute atomic E-state index is 0.0514. The van der Waals surface area contributed by atoms with E-state index in [0.717, 1.165) is 32.7 Å². The number of hydrogen-bond donors (Lipinski definition) is 0. The molecule has 0 radical (unpaired) electrons. The number of likely N-dealkylation sites (N-methyl/N-ethyl adjacent to an activating group) is 1. The molecule has 0 aliphatic carbocycles. The Kier molecular flexibility index (Phi) is 7.16. The van der Waals surface area contributed by atoms with Crippen LogP contribution in [0.5, 0.6) is 0 Å². The van der Waals surface area contributed by atoms with E-state index >= 15 is 0 Å². The summed E-state index contributed by atoms with van der Waals surface area (Å²) in [7, 11) is 1.61. The van der Waals surface area contributed by atoms with Crippen LogP contribution in [0.2, 0.25) is 0 Å². The molecule has 5 heteroatoms. The molecule has 5 nitrogen and oxygen atoms in total. The first kappa shape index (κ1) is 14.4. The lowest BCUT2D eigenvalue weighted by molar-refractivity contribution is -0.137. The monoisotopic (exact) mass is 245 g/mol. The van der Waals surface area contributed by atoms with Crippen molar-refractivity contribution >= 4 is 5.91 Å². The third-order valence-electron chi connectivity index (χ3n) is 2.89. The van der Waals surface area contributed by atoms with Gasteiger partial charge in [0.05, 0.1) is 19.8 Å². The smallest absolute Gasteiger partial charge is 0.248 e. The van der Waals surface area contributed by atoms with Crippen molar-refractivity contribution in [1.82, 2.24) is 4.90 Å². The highest BCUT2D eigenvalue weighted by molar-refractivity contribution is 5.77. The molecule has 100 valence electrons. The van der Waals surface area contributed by atoms with E-state index in [4.69, 9.17) is 14.2 Å². The Morgan fingerprint density at radius 1 is 1.47 bits per heavy atom. The second kappa shape index (κ2) is 8.44. The normalized spacial score (nSPS) is 19.5. The second-order valence-electron chi connectivity index (χ2n) is 4.21. The SMILES string of the molecule is CCN(CC1CCOC1)C(=O)COCCOC. The third kappa shape index (κ3) is 5.48. The van der Waals surface area contributed by atoms with Gasteiger partial charge in [0.2, 0.25) is 5.91 Å². The van der Waals surface area contributed by atoms with Crippen LogP contribution in [0, 0.1) is 5.92 Å². The Morgan fingerprint density at radius 3 is 2.88 bits per heavy atom. The summed E-state index contributed by atoms with van der Waals surface area (Å²) in [6.45, 7) is 6.22. The van der Waals surface area contributed by atoms with Gasteiger partial charge in [0.25, 0.3) is 0 Å². The summed E-state index contributed by atoms with van der Waals surface area (Å²) in [5, 5.41) is 0. The molecule has 1 fully saturated rings. The highest BCUT2D eigenvalue weighted by atomic mass is 16.5. The molecule has 0 saturated carbocycles. The van der Waals surface area contributed by atoms with Gasteiger partial charge in [-0.05, 0) is 13.3 Å². The van der Waals surface area contributed by atoms with Crippen molar-refractivity contribution in [3.63, 3.8) is 0 Å². The van der Waals surface area contributed by atoms with Crippen LogP contribution in [0.4, 0.5) is 0 Å². The first-order valence-corrected chi connectivity index (χ1v) is 6.20. The van der Waals surface area contributed by atoms with E-state index in [0.29, 0.717) is 19.1 Å². The minimum atomic E-state index is 0.0514. The molecule has 17 heavy (non-hydrogen) atoms. The van der Waals surface area contributed by atoms with E-state index in [1.54, 1.807) is 7.11 Å². The van der Waals surface area contributed by atoms with E-state index in [1.165, 1.54) is 0 Å². The van der Waals surface area contributed by atoms with Gasteiger partial charge in [-0.1, -0.05) is 0 Å². The zero-order chi connectivity index (χ0) is 12.5. The van der Waals surface area contributed by atoms with Gasteiger partial charge in [0, 0.05) is 32.7 Å². The van der Waals surface area contributed by atoms with Crippen molar-refractivity contribution in [2.45, 2.75) is 13.3 Å². The van der Waals surface area contributed by atoms with E-state index < -0.39 is 0 Å². The zero-order valence-corrected chi connectivity index (χ0v) is 10.8. The minimum Gasteiger partial charge on any atom is -0.382 e. The maximum atomic E-state index is 11.8. The number of methoxy groups -OCH3 is 1. The molecule has 0 aromatic carbocycles. The lowest BCUT2D eigenvalue weighted by Crippen LogP contribution is -2.38. The maximum Gasteiger partial charge on any atom is 0.248 e. The number of rotatable bonds is 8. The molecule has 1 atom stereocenters. The van der Waals surface area contributed by atoms with E-state index in [2.05, 4.69) is 0 Å². The lowest BCUT2D eigenvalue weighted by Gasteiger charge is -2.23. The standard InChI is InChI=1S/C12H23NO4/c1-3-13(8-11-4-5-16-9-11)12(14)10-17-7-6-15-2/h11H,3-10H2,1-2H3. The molecular weight excluding hydrogens is 222 g/mol. The van der Waals surface area contributed by atoms with Crippen LogP contribution in [0.1, 0.15) is 13.3 Å². The van der Waals surface area contributed by atoms with Crippen LogP contribution < -0.4 is 0 Å². The summed E-state index contributed by atoms with van der Waals surface area (Å²) in [4.78, 5) is 13.7. The molecule has 1 heterocycles. The quantitative estimate of drug-likeness (QED) is 0.585. The predicted octanol–water partition coefficient (Wildman–Crippen LogP) is 0.534. The third-order valence-corrected chi connectivity index (χ3v) is 2.89. The van der Waals surface area contributed by atoms with Crippen molar-refractivity contribution < 1.29 is 19.0 Å². The molecule has 1 aliphatic heterocycles. The zero-order valence-electron chi connectivity index (χ0n) is 10.8. The number of carbonyl (C=O) groups excluding carboxylic acids is 1. The molecule has 0 spiro atoms. The number of carbonyl (C=O) groups is 1. The summed E-state index contributed by atoms with van der Waals surface area (Å²) in [5.41, 5.74) is 0. The van der Waals surface area contributed by atoms with Crippen molar-refractivity contribution in [3.8, 4) is 0 Å². The number of nitrogens with zero attached hydrogens (tertiary/aromatic N) is 1. The molecule has 0 N–H and O–H groups in total. The summed E-state index contributed by atoms with van der Waals surface area (Å²) < 4.78 is 15.4. The number of hydrogen-bond acceptors (Lipinski definition) is 4. The van der Waals surface area contributed by atoms with Crippen molar-refractivity contribution in [1.29, 1.82) is 0 Å². The van der Waals surface area contributed by atoms with Crippen LogP contribution in [0.3, 0.4) is 0 Å². The Morgan fingerprint density at radius 2 is 2.29 bits per heavy atom. The van der Waals surface area contributed by atoms with Gasteiger partial charge in [-0.15, -0.1) is 0 Å². The van der Waals surface area contributed by atoms with Crippen LogP contribution in [-0.4, -0.2) is 64.0 Å². The fourth-order valence-corrected chi connectivity index (χ4v) is 1.84. The van der Waals surface area contributed by atoms with E-state index in [9.17, 15) is 4.79 Å². The van der Waals surface area contributed by atoms with Crippen molar-refractivity contribution in [2.75, 3.05) is 53.2 Å². The molecule has 0 aromatic heterocycles. The average Bonchev–Trinajstić information content (AvgIpc) is 2.84. The van der Waals surface area contributed by atoms with Gasteiger partial charge in [-0.25, -0.2) is 0 Å². The summed E-state index contributed by atoms with van der Waals surface area (Å²) in [6, 6.07) is 0. The van der Waals surface area contributed by atoms with Gasteiger partial charge >= 0.3 is 0 Å². The van der Waals surface area contributed by atoms with E-state index in [1.807, 2.05) is 11.8 Å². The Hall–Kier alpha value is -0.650. The highest BCUT2D eigenvalue weighted by Gasteiger charge is 2.21. The summed E-state index contributed by atoms with van der Waals surface area (Å²) in [5.74, 6) is 0.536. The van der Waals surface area contributed by atoms with Gasteiger partial charge < -0.3 is 19.1 Å². The topological polar surface area (TPSA) is 48.0 Å². The van der Waals surface area contributed by atoms with E-state index in [-0.39, 0.29) is 12.5 Å². The maximum absolute atomic E-state index is 11.8. The Labute approximate surface area is 103 Å². The first-order valence-electron chi connectivity index (χ1n) is 6.20. The fourth-order valence-electron chi connectivity index (χ4n) is 1.84. The van der Waals surface area contributed by atoms with Crippen molar-refractivity contribution in [2.24, 2.45) is 5.92 Å². The van der Waals surface area contributed by atoms with Gasteiger partial charge in [0.1, 0.15) is 6.61 Å². The molecule has 0 bridgehead atoms. The molecule has 1 aliphatic rings. The van der Waals surface area contributed by atoms with Crippen LogP contribution in [0.15, 0.2) is 0 Å². The lowest BCUT2D eigenvalue weighted by atomic mass is 10.1. The predicted molar refractivity (Wildman–Crippen MR) is 63.9 cm³/mol. The summed E-state index contributed by atoms with van der Waals surface area (Å²) >= 11 is 0. The number of ether oxygens (including phenoxy) is 3. The molecule has 1 saturated heterocycles. The largest absolute Gasteiger partial charge is 0.382 e. The number of amides is 1. The second-order valence-corrected chi connectivity index (χ2v) is 4.21. The van der Waals surface area contributed by atoms with Crippen LogP contribution in [0.25, 0.3) is 0 Å².